The Morgan fingerprint density at radius 1 is 1.45 bits per heavy atom. The van der Waals surface area contributed by atoms with E-state index in [0.29, 0.717) is 17.2 Å². The van der Waals surface area contributed by atoms with Gasteiger partial charge in [0.15, 0.2) is 0 Å². The molecule has 0 aromatic heterocycles. The summed E-state index contributed by atoms with van der Waals surface area (Å²) in [5, 5.41) is 0. The van der Waals surface area contributed by atoms with Gasteiger partial charge < -0.3 is 20.1 Å². The molecule has 1 fully saturated rings. The van der Waals surface area contributed by atoms with Crippen molar-refractivity contribution in [1.29, 1.82) is 0 Å². The van der Waals surface area contributed by atoms with Crippen LogP contribution in [-0.2, 0) is 9.47 Å². The summed E-state index contributed by atoms with van der Waals surface area (Å²) in [5.41, 5.74) is 7.66. The van der Waals surface area contributed by atoms with E-state index in [2.05, 4.69) is 4.90 Å². The molecule has 1 aromatic rings. The number of benzene rings is 1. The van der Waals surface area contributed by atoms with E-state index in [1.165, 1.54) is 7.11 Å². The van der Waals surface area contributed by atoms with Gasteiger partial charge in [-0.1, -0.05) is 0 Å². The van der Waals surface area contributed by atoms with Gasteiger partial charge in [0.2, 0.25) is 0 Å². The maximum Gasteiger partial charge on any atom is 0.340 e. The summed E-state index contributed by atoms with van der Waals surface area (Å²) in [5.74, 6) is 0.233. The molecule has 5 nitrogen and oxygen atoms in total. The van der Waals surface area contributed by atoms with Crippen LogP contribution >= 0.6 is 0 Å². The zero-order valence-electron chi connectivity index (χ0n) is 12.1. The van der Waals surface area contributed by atoms with Gasteiger partial charge in [0.05, 0.1) is 12.7 Å². The Hall–Kier alpha value is -1.75. The fourth-order valence-electron chi connectivity index (χ4n) is 2.49. The number of hydrogen-bond donors (Lipinski definition) is 1. The number of esters is 1. The summed E-state index contributed by atoms with van der Waals surface area (Å²) in [4.78, 5) is 13.8. The van der Waals surface area contributed by atoms with Gasteiger partial charge in [0, 0.05) is 38.2 Å². The fraction of sp³-hybridized carbons (Fsp3) is 0.533. The van der Waals surface area contributed by atoms with E-state index in [1.807, 2.05) is 13.1 Å². The third kappa shape index (κ3) is 3.42. The van der Waals surface area contributed by atoms with Gasteiger partial charge in [-0.2, -0.15) is 0 Å². The standard InChI is InChI=1S/C15H22N2O3/c1-17(10-11-5-7-20-8-6-11)12-3-4-14(16)13(9-12)15(18)19-2/h3-4,9,11H,5-8,10,16H2,1-2H3. The Morgan fingerprint density at radius 3 is 2.80 bits per heavy atom. The number of hydrogen-bond acceptors (Lipinski definition) is 5. The number of carbonyl (C=O) groups excluding carboxylic acids is 1. The second-order valence-corrected chi connectivity index (χ2v) is 5.20. The number of nitrogens with zero attached hydrogens (tertiary/aromatic N) is 1. The Kier molecular flexibility index (Phi) is 4.84. The lowest BCUT2D eigenvalue weighted by Gasteiger charge is -2.28. The molecule has 20 heavy (non-hydrogen) atoms. The summed E-state index contributed by atoms with van der Waals surface area (Å²) in [6.07, 6.45) is 2.17. The van der Waals surface area contributed by atoms with Crippen LogP contribution in [0.4, 0.5) is 11.4 Å². The summed E-state index contributed by atoms with van der Waals surface area (Å²) in [6.45, 7) is 2.63. The molecule has 2 rings (SSSR count). The second kappa shape index (κ2) is 6.61. The Labute approximate surface area is 119 Å². The van der Waals surface area contributed by atoms with Crippen LogP contribution in [0.5, 0.6) is 0 Å². The minimum atomic E-state index is -0.399. The van der Waals surface area contributed by atoms with Crippen LogP contribution in [0, 0.1) is 5.92 Å². The third-order valence-electron chi connectivity index (χ3n) is 3.76. The molecular formula is C15H22N2O3. The van der Waals surface area contributed by atoms with Crippen molar-refractivity contribution < 1.29 is 14.3 Å². The highest BCUT2D eigenvalue weighted by Crippen LogP contribution is 2.24. The van der Waals surface area contributed by atoms with Gasteiger partial charge in [-0.15, -0.1) is 0 Å². The largest absolute Gasteiger partial charge is 0.465 e. The first-order chi connectivity index (χ1) is 9.61. The monoisotopic (exact) mass is 278 g/mol. The average molecular weight is 278 g/mol. The van der Waals surface area contributed by atoms with Crippen molar-refractivity contribution in [2.24, 2.45) is 5.92 Å². The molecule has 5 heteroatoms. The Balaban J connectivity index is 2.09. The molecule has 0 aliphatic carbocycles. The predicted octanol–water partition coefficient (Wildman–Crippen LogP) is 1.92. The lowest BCUT2D eigenvalue weighted by Crippen LogP contribution is -2.29. The number of ether oxygens (including phenoxy) is 2. The van der Waals surface area contributed by atoms with E-state index >= 15 is 0 Å². The molecule has 0 saturated carbocycles. The molecule has 2 N–H and O–H groups in total. The van der Waals surface area contributed by atoms with Gasteiger partial charge in [0.25, 0.3) is 0 Å². The maximum atomic E-state index is 11.7. The zero-order valence-corrected chi connectivity index (χ0v) is 12.1. The molecule has 0 amide bonds. The number of methoxy groups -OCH3 is 1. The molecule has 1 aromatic carbocycles. The summed E-state index contributed by atoms with van der Waals surface area (Å²) in [6, 6.07) is 5.48. The van der Waals surface area contributed by atoms with Crippen LogP contribution < -0.4 is 10.6 Å². The first-order valence-electron chi connectivity index (χ1n) is 6.88. The topological polar surface area (TPSA) is 64.8 Å². The number of nitrogens with two attached hydrogens (primary N) is 1. The van der Waals surface area contributed by atoms with Gasteiger partial charge in [-0.05, 0) is 37.0 Å². The lowest BCUT2D eigenvalue weighted by molar-refractivity contribution is 0.0602. The number of nitrogen functional groups attached to an aromatic ring is 1. The highest BCUT2D eigenvalue weighted by atomic mass is 16.5. The molecule has 0 radical (unpaired) electrons. The Bertz CT molecular complexity index is 470. The van der Waals surface area contributed by atoms with E-state index in [4.69, 9.17) is 15.2 Å². The van der Waals surface area contributed by atoms with Crippen LogP contribution in [-0.4, -0.2) is 39.9 Å². The maximum absolute atomic E-state index is 11.7. The summed E-state index contributed by atoms with van der Waals surface area (Å²) >= 11 is 0. The molecule has 1 aliphatic heterocycles. The van der Waals surface area contributed by atoms with Crippen LogP contribution in [0.1, 0.15) is 23.2 Å². The van der Waals surface area contributed by atoms with E-state index < -0.39 is 5.97 Å². The molecule has 0 atom stereocenters. The summed E-state index contributed by atoms with van der Waals surface area (Å²) < 4.78 is 10.1. The minimum Gasteiger partial charge on any atom is -0.465 e. The fourth-order valence-corrected chi connectivity index (χ4v) is 2.49. The van der Waals surface area contributed by atoms with E-state index in [9.17, 15) is 4.79 Å². The summed E-state index contributed by atoms with van der Waals surface area (Å²) in [7, 11) is 3.39. The SMILES string of the molecule is COC(=O)c1cc(N(C)CC2CCOCC2)ccc1N. The minimum absolute atomic E-state index is 0.399. The van der Waals surface area contributed by atoms with Gasteiger partial charge in [0.1, 0.15) is 0 Å². The van der Waals surface area contributed by atoms with Gasteiger partial charge >= 0.3 is 5.97 Å². The molecule has 110 valence electrons. The van der Waals surface area contributed by atoms with Crippen molar-refractivity contribution in [3.8, 4) is 0 Å². The third-order valence-corrected chi connectivity index (χ3v) is 3.76. The number of rotatable bonds is 4. The normalized spacial score (nSPS) is 15.9. The van der Waals surface area contributed by atoms with E-state index in [0.717, 1.165) is 38.3 Å². The van der Waals surface area contributed by atoms with Gasteiger partial charge in [-0.3, -0.25) is 0 Å². The van der Waals surface area contributed by atoms with Crippen molar-refractivity contribution in [3.05, 3.63) is 23.8 Å². The number of carbonyl (C=O) groups is 1. The number of anilines is 2. The Morgan fingerprint density at radius 2 is 2.15 bits per heavy atom. The van der Waals surface area contributed by atoms with Crippen LogP contribution in [0.2, 0.25) is 0 Å². The average Bonchev–Trinajstić information content (AvgIpc) is 2.48. The van der Waals surface area contributed by atoms with Crippen molar-refractivity contribution in [3.63, 3.8) is 0 Å². The van der Waals surface area contributed by atoms with E-state index in [1.54, 1.807) is 12.1 Å². The van der Waals surface area contributed by atoms with Crippen molar-refractivity contribution in [2.45, 2.75) is 12.8 Å². The highest BCUT2D eigenvalue weighted by molar-refractivity contribution is 5.96. The molecule has 1 saturated heterocycles. The predicted molar refractivity (Wildman–Crippen MR) is 79.0 cm³/mol. The van der Waals surface area contributed by atoms with Crippen LogP contribution in [0.3, 0.4) is 0 Å². The quantitative estimate of drug-likeness (QED) is 0.673. The van der Waals surface area contributed by atoms with E-state index in [-0.39, 0.29) is 0 Å². The highest BCUT2D eigenvalue weighted by Gasteiger charge is 2.17. The molecule has 0 unspecified atom stereocenters. The molecule has 0 bridgehead atoms. The van der Waals surface area contributed by atoms with Crippen molar-refractivity contribution >= 4 is 17.3 Å². The second-order valence-electron chi connectivity index (χ2n) is 5.20. The molecule has 1 aliphatic rings. The van der Waals surface area contributed by atoms with Gasteiger partial charge in [-0.25, -0.2) is 4.79 Å². The van der Waals surface area contributed by atoms with Crippen LogP contribution in [0.15, 0.2) is 18.2 Å². The molecular weight excluding hydrogens is 256 g/mol. The zero-order chi connectivity index (χ0) is 14.5. The van der Waals surface area contributed by atoms with Crippen molar-refractivity contribution in [1.82, 2.24) is 0 Å². The van der Waals surface area contributed by atoms with Crippen LogP contribution in [0.25, 0.3) is 0 Å². The molecule has 1 heterocycles. The lowest BCUT2D eigenvalue weighted by atomic mass is 9.99. The molecule has 0 spiro atoms. The first kappa shape index (κ1) is 14.7. The first-order valence-corrected chi connectivity index (χ1v) is 6.88. The smallest absolute Gasteiger partial charge is 0.340 e. The van der Waals surface area contributed by atoms with Crippen molar-refractivity contribution in [2.75, 3.05) is 44.5 Å².